The molecule has 2 rings (SSSR count). The van der Waals surface area contributed by atoms with Crippen LogP contribution in [0.3, 0.4) is 0 Å². The van der Waals surface area contributed by atoms with E-state index in [1.807, 2.05) is 0 Å². The van der Waals surface area contributed by atoms with Gasteiger partial charge in [0.2, 0.25) is 0 Å². The van der Waals surface area contributed by atoms with Gasteiger partial charge in [-0.05, 0) is 35.4 Å². The topological polar surface area (TPSA) is 61.1 Å². The number of carbonyl (C=O) groups is 1. The van der Waals surface area contributed by atoms with Crippen LogP contribution in [0.2, 0.25) is 10.0 Å². The predicted octanol–water partition coefficient (Wildman–Crippen LogP) is 6.06. The van der Waals surface area contributed by atoms with Crippen molar-refractivity contribution in [3.8, 4) is 6.07 Å². The molecule has 0 aliphatic rings. The van der Waals surface area contributed by atoms with Crippen LogP contribution in [0, 0.1) is 17.1 Å². The van der Waals surface area contributed by atoms with Crippen molar-refractivity contribution >= 4 is 35.2 Å². The lowest BCUT2D eigenvalue weighted by molar-refractivity contribution is -0.139. The molecular formula is C18H9Cl2F4NO2. The number of nitrogens with zero attached hydrogens (tertiary/aromatic N) is 1. The maximum Gasteiger partial charge on any atom is 0.399 e. The zero-order chi connectivity index (χ0) is 20.4. The Morgan fingerprint density at radius 1 is 1.19 bits per heavy atom. The van der Waals surface area contributed by atoms with Crippen molar-refractivity contribution in [1.29, 1.82) is 5.26 Å². The van der Waals surface area contributed by atoms with E-state index < -0.39 is 33.9 Å². The summed E-state index contributed by atoms with van der Waals surface area (Å²) in [5.41, 5.74) is -0.636. The summed E-state index contributed by atoms with van der Waals surface area (Å²) < 4.78 is 53.7. The molecule has 1 unspecified atom stereocenters. The number of hydrogen-bond donors (Lipinski definition) is 1. The van der Waals surface area contributed by atoms with E-state index in [4.69, 9.17) is 33.6 Å². The van der Waals surface area contributed by atoms with Crippen LogP contribution in [0.1, 0.15) is 33.0 Å². The molecule has 0 heterocycles. The van der Waals surface area contributed by atoms with E-state index in [0.29, 0.717) is 0 Å². The van der Waals surface area contributed by atoms with E-state index in [2.05, 4.69) is 0 Å². The summed E-state index contributed by atoms with van der Waals surface area (Å²) >= 11 is 11.1. The molecule has 0 saturated heterocycles. The third kappa shape index (κ3) is 4.79. The van der Waals surface area contributed by atoms with Crippen LogP contribution in [-0.2, 0) is 0 Å². The van der Waals surface area contributed by atoms with Gasteiger partial charge < -0.3 is 5.11 Å². The number of aromatic carboxylic acids is 1. The third-order valence-corrected chi connectivity index (χ3v) is 4.14. The van der Waals surface area contributed by atoms with Gasteiger partial charge in [-0.25, -0.2) is 9.18 Å². The molecule has 0 spiro atoms. The largest absolute Gasteiger partial charge is 0.478 e. The molecule has 0 bridgehead atoms. The maximum absolute atomic E-state index is 13.5. The van der Waals surface area contributed by atoms with Gasteiger partial charge in [-0.2, -0.15) is 18.4 Å². The van der Waals surface area contributed by atoms with Crippen LogP contribution in [0.25, 0.3) is 6.08 Å². The van der Waals surface area contributed by atoms with Crippen LogP contribution in [0.15, 0.2) is 36.4 Å². The number of carboxylic acid groups (broad SMARTS) is 1. The number of nitriles is 1. The summed E-state index contributed by atoms with van der Waals surface area (Å²) in [5, 5.41) is 16.9. The summed E-state index contributed by atoms with van der Waals surface area (Å²) in [4.78, 5) is 11.0. The number of hydrogen-bond acceptors (Lipinski definition) is 2. The molecule has 2 aromatic carbocycles. The SMILES string of the molecule is N#Cc1cc(C=CC(c2cc(Cl)c(F)c(Cl)c2)C(F)(F)F)ccc1C(=O)O. The van der Waals surface area contributed by atoms with Crippen molar-refractivity contribution in [2.45, 2.75) is 12.1 Å². The fourth-order valence-electron chi connectivity index (χ4n) is 2.32. The van der Waals surface area contributed by atoms with Gasteiger partial charge in [-0.3, -0.25) is 0 Å². The number of alkyl halides is 3. The van der Waals surface area contributed by atoms with Gasteiger partial charge in [0.1, 0.15) is 6.07 Å². The quantitative estimate of drug-likeness (QED) is 0.485. The number of allylic oxidation sites excluding steroid dienone is 1. The van der Waals surface area contributed by atoms with E-state index in [1.165, 1.54) is 6.07 Å². The molecule has 1 atom stereocenters. The highest BCUT2D eigenvalue weighted by atomic mass is 35.5. The zero-order valence-corrected chi connectivity index (χ0v) is 14.7. The van der Waals surface area contributed by atoms with Gasteiger partial charge >= 0.3 is 12.1 Å². The van der Waals surface area contributed by atoms with E-state index in [1.54, 1.807) is 6.07 Å². The van der Waals surface area contributed by atoms with Crippen molar-refractivity contribution in [1.82, 2.24) is 0 Å². The molecule has 9 heteroatoms. The molecule has 0 amide bonds. The molecular weight excluding hydrogens is 409 g/mol. The van der Waals surface area contributed by atoms with Crippen molar-refractivity contribution in [3.63, 3.8) is 0 Å². The summed E-state index contributed by atoms with van der Waals surface area (Å²) in [6.45, 7) is 0. The van der Waals surface area contributed by atoms with Gasteiger partial charge in [0, 0.05) is 0 Å². The Labute approximate surface area is 161 Å². The Hall–Kier alpha value is -2.56. The van der Waals surface area contributed by atoms with Crippen LogP contribution in [0.4, 0.5) is 17.6 Å². The van der Waals surface area contributed by atoms with E-state index in [-0.39, 0.29) is 22.3 Å². The van der Waals surface area contributed by atoms with Gasteiger partial charge in [0.25, 0.3) is 0 Å². The fourth-order valence-corrected chi connectivity index (χ4v) is 2.82. The first kappa shape index (κ1) is 20.7. The number of carboxylic acids is 1. The molecule has 140 valence electrons. The van der Waals surface area contributed by atoms with Crippen LogP contribution in [0.5, 0.6) is 0 Å². The monoisotopic (exact) mass is 417 g/mol. The van der Waals surface area contributed by atoms with Crippen LogP contribution >= 0.6 is 23.2 Å². The second-order valence-corrected chi connectivity index (χ2v) is 6.21. The first-order valence-electron chi connectivity index (χ1n) is 7.21. The normalized spacial score (nSPS) is 12.8. The smallest absolute Gasteiger partial charge is 0.399 e. The van der Waals surface area contributed by atoms with Crippen molar-refractivity contribution < 1.29 is 27.5 Å². The zero-order valence-electron chi connectivity index (χ0n) is 13.2. The molecule has 0 aliphatic carbocycles. The molecule has 2 aromatic rings. The third-order valence-electron chi connectivity index (χ3n) is 3.59. The van der Waals surface area contributed by atoms with Crippen LogP contribution < -0.4 is 0 Å². The Morgan fingerprint density at radius 3 is 2.26 bits per heavy atom. The summed E-state index contributed by atoms with van der Waals surface area (Å²) in [6, 6.07) is 6.87. The molecule has 0 radical (unpaired) electrons. The Morgan fingerprint density at radius 2 is 1.78 bits per heavy atom. The molecule has 0 saturated carbocycles. The maximum atomic E-state index is 13.5. The van der Waals surface area contributed by atoms with Crippen LogP contribution in [-0.4, -0.2) is 17.3 Å². The van der Waals surface area contributed by atoms with Crippen molar-refractivity contribution in [2.75, 3.05) is 0 Å². The minimum Gasteiger partial charge on any atom is -0.478 e. The molecule has 3 nitrogen and oxygen atoms in total. The lowest BCUT2D eigenvalue weighted by Gasteiger charge is -2.18. The summed E-state index contributed by atoms with van der Waals surface area (Å²) in [7, 11) is 0. The first-order valence-corrected chi connectivity index (χ1v) is 7.97. The molecule has 27 heavy (non-hydrogen) atoms. The van der Waals surface area contributed by atoms with Gasteiger partial charge in [0.15, 0.2) is 5.82 Å². The fraction of sp³-hybridized carbons (Fsp3) is 0.111. The highest BCUT2D eigenvalue weighted by Gasteiger charge is 2.39. The number of rotatable bonds is 4. The number of benzene rings is 2. The van der Waals surface area contributed by atoms with Crippen molar-refractivity contribution in [3.05, 3.63) is 74.5 Å². The standard InChI is InChI=1S/C18H9Cl2F4NO2/c19-14-6-10(7-15(20)16(14)21)13(18(22,23)24)4-2-9-1-3-12(17(26)27)11(5-9)8-25/h1-7,13H,(H,26,27). The second-order valence-electron chi connectivity index (χ2n) is 5.40. The Kier molecular flexibility index (Phi) is 6.14. The minimum absolute atomic E-state index is 0.185. The average molecular weight is 418 g/mol. The van der Waals surface area contributed by atoms with Gasteiger partial charge in [-0.1, -0.05) is 41.4 Å². The lowest BCUT2D eigenvalue weighted by atomic mass is 9.96. The minimum atomic E-state index is -4.72. The van der Waals surface area contributed by atoms with Gasteiger partial charge in [0.05, 0.1) is 27.1 Å². The first-order chi connectivity index (χ1) is 12.5. The second kappa shape index (κ2) is 7.99. The average Bonchev–Trinajstić information content (AvgIpc) is 2.58. The van der Waals surface area contributed by atoms with Gasteiger partial charge in [-0.15, -0.1) is 0 Å². The number of halogens is 6. The van der Waals surface area contributed by atoms with E-state index >= 15 is 0 Å². The van der Waals surface area contributed by atoms with E-state index in [0.717, 1.165) is 36.4 Å². The lowest BCUT2D eigenvalue weighted by Crippen LogP contribution is -2.19. The predicted molar refractivity (Wildman–Crippen MR) is 92.4 cm³/mol. The summed E-state index contributed by atoms with van der Waals surface area (Å²) in [6.07, 6.45) is -2.85. The Bertz CT molecular complexity index is 942. The van der Waals surface area contributed by atoms with Crippen molar-refractivity contribution in [2.24, 2.45) is 0 Å². The molecule has 0 fully saturated rings. The molecule has 1 N–H and O–H groups in total. The molecule has 0 aromatic heterocycles. The van der Waals surface area contributed by atoms with E-state index in [9.17, 15) is 22.4 Å². The highest BCUT2D eigenvalue weighted by molar-refractivity contribution is 6.35. The summed E-state index contributed by atoms with van der Waals surface area (Å²) in [5.74, 6) is -4.49. The molecule has 0 aliphatic heterocycles. The Balaban J connectivity index is 2.47. The highest BCUT2D eigenvalue weighted by Crippen LogP contribution is 2.39.